The van der Waals surface area contributed by atoms with Crippen LogP contribution in [0.2, 0.25) is 0 Å². The summed E-state index contributed by atoms with van der Waals surface area (Å²) < 4.78 is 0. The number of hydrogen-bond donors (Lipinski definition) is 1. The highest BCUT2D eigenvalue weighted by Crippen LogP contribution is 2.28. The first-order valence-electron chi connectivity index (χ1n) is 4.69. The van der Waals surface area contributed by atoms with Crippen molar-refractivity contribution >= 4 is 0 Å². The fourth-order valence-corrected chi connectivity index (χ4v) is 1.38. The van der Waals surface area contributed by atoms with E-state index in [9.17, 15) is 0 Å². The van der Waals surface area contributed by atoms with Gasteiger partial charge in [-0.15, -0.1) is 6.58 Å². The molecule has 0 aromatic rings. The lowest BCUT2D eigenvalue weighted by atomic mass is 9.83. The summed E-state index contributed by atoms with van der Waals surface area (Å²) in [4.78, 5) is 0. The molecule has 1 N–H and O–H groups in total. The molecule has 1 rings (SSSR count). The molecule has 0 radical (unpaired) electrons. The molecule has 0 saturated heterocycles. The average molecular weight is 153 g/mol. The first-order chi connectivity index (χ1) is 5.33. The zero-order chi connectivity index (χ0) is 8.10. The van der Waals surface area contributed by atoms with E-state index in [0.29, 0.717) is 6.04 Å². The van der Waals surface area contributed by atoms with Crippen molar-refractivity contribution < 1.29 is 0 Å². The summed E-state index contributed by atoms with van der Waals surface area (Å²) in [6, 6.07) is 0.482. The summed E-state index contributed by atoms with van der Waals surface area (Å²) in [5, 5.41) is 3.41. The van der Waals surface area contributed by atoms with Gasteiger partial charge in [-0.05, 0) is 25.8 Å². The maximum atomic E-state index is 3.73. The lowest BCUT2D eigenvalue weighted by Crippen LogP contribution is -2.27. The minimum Gasteiger partial charge on any atom is -0.311 e. The summed E-state index contributed by atoms with van der Waals surface area (Å²) in [7, 11) is 0. The van der Waals surface area contributed by atoms with Crippen LogP contribution in [-0.2, 0) is 0 Å². The predicted octanol–water partition coefficient (Wildman–Crippen LogP) is 2.34. The van der Waals surface area contributed by atoms with Crippen LogP contribution in [0.5, 0.6) is 0 Å². The normalized spacial score (nSPS) is 20.8. The van der Waals surface area contributed by atoms with Gasteiger partial charge in [0.05, 0.1) is 0 Å². The Morgan fingerprint density at radius 1 is 1.64 bits per heavy atom. The summed E-state index contributed by atoms with van der Waals surface area (Å²) in [5.74, 6) is 1.03. The summed E-state index contributed by atoms with van der Waals surface area (Å²) in [5.41, 5.74) is 0. The van der Waals surface area contributed by atoms with Gasteiger partial charge in [-0.25, -0.2) is 0 Å². The van der Waals surface area contributed by atoms with Crippen LogP contribution in [0.3, 0.4) is 0 Å². The van der Waals surface area contributed by atoms with Crippen molar-refractivity contribution in [1.29, 1.82) is 0 Å². The maximum absolute atomic E-state index is 3.73. The van der Waals surface area contributed by atoms with E-state index in [0.717, 1.165) is 12.5 Å². The van der Waals surface area contributed by atoms with Gasteiger partial charge < -0.3 is 5.32 Å². The molecular weight excluding hydrogens is 134 g/mol. The van der Waals surface area contributed by atoms with Gasteiger partial charge in [0.2, 0.25) is 0 Å². The third-order valence-electron chi connectivity index (χ3n) is 2.60. The lowest BCUT2D eigenvalue weighted by molar-refractivity contribution is 0.291. The zero-order valence-corrected chi connectivity index (χ0v) is 7.47. The van der Waals surface area contributed by atoms with E-state index in [1.54, 1.807) is 0 Å². The van der Waals surface area contributed by atoms with E-state index in [1.807, 2.05) is 6.08 Å². The van der Waals surface area contributed by atoms with Crippen LogP contribution in [0.1, 0.15) is 32.6 Å². The van der Waals surface area contributed by atoms with Crippen LogP contribution >= 0.6 is 0 Å². The van der Waals surface area contributed by atoms with Crippen LogP contribution in [-0.4, -0.2) is 12.6 Å². The molecule has 0 aliphatic heterocycles. The van der Waals surface area contributed by atoms with Crippen molar-refractivity contribution in [1.82, 2.24) is 5.32 Å². The van der Waals surface area contributed by atoms with Gasteiger partial charge in [-0.2, -0.15) is 0 Å². The SMILES string of the molecule is C=CC(C)NCCC1CCC1. The first-order valence-corrected chi connectivity index (χ1v) is 4.69. The Morgan fingerprint density at radius 2 is 2.36 bits per heavy atom. The van der Waals surface area contributed by atoms with Crippen LogP contribution in [0.25, 0.3) is 0 Å². The maximum Gasteiger partial charge on any atom is 0.0219 e. The van der Waals surface area contributed by atoms with Crippen molar-refractivity contribution in [2.75, 3.05) is 6.54 Å². The van der Waals surface area contributed by atoms with Crippen LogP contribution < -0.4 is 5.32 Å². The zero-order valence-electron chi connectivity index (χ0n) is 7.47. The quantitative estimate of drug-likeness (QED) is 0.598. The molecule has 0 bridgehead atoms. The van der Waals surface area contributed by atoms with E-state index in [1.165, 1.54) is 25.7 Å². The van der Waals surface area contributed by atoms with Gasteiger partial charge in [0.1, 0.15) is 0 Å². The van der Waals surface area contributed by atoms with E-state index in [-0.39, 0.29) is 0 Å². The molecule has 1 aliphatic carbocycles. The second kappa shape index (κ2) is 4.55. The molecule has 0 heterocycles. The van der Waals surface area contributed by atoms with Crippen LogP contribution in [0, 0.1) is 5.92 Å². The number of rotatable bonds is 5. The van der Waals surface area contributed by atoms with Crippen molar-refractivity contribution in [3.05, 3.63) is 12.7 Å². The first kappa shape index (κ1) is 8.79. The second-order valence-corrected chi connectivity index (χ2v) is 3.56. The smallest absolute Gasteiger partial charge is 0.0219 e. The van der Waals surface area contributed by atoms with Crippen LogP contribution in [0.15, 0.2) is 12.7 Å². The Hall–Kier alpha value is -0.300. The van der Waals surface area contributed by atoms with Gasteiger partial charge in [0, 0.05) is 6.04 Å². The molecule has 1 atom stereocenters. The third kappa shape index (κ3) is 3.06. The molecule has 1 aliphatic rings. The fraction of sp³-hybridized carbons (Fsp3) is 0.800. The predicted molar refractivity (Wildman–Crippen MR) is 49.6 cm³/mol. The van der Waals surface area contributed by atoms with Crippen molar-refractivity contribution in [2.45, 2.75) is 38.6 Å². The number of hydrogen-bond acceptors (Lipinski definition) is 1. The molecule has 1 fully saturated rings. The average Bonchev–Trinajstić information content (AvgIpc) is 1.94. The molecule has 1 nitrogen and oxygen atoms in total. The second-order valence-electron chi connectivity index (χ2n) is 3.56. The Labute approximate surface area is 69.9 Å². The van der Waals surface area contributed by atoms with Gasteiger partial charge in [0.25, 0.3) is 0 Å². The summed E-state index contributed by atoms with van der Waals surface area (Å²) >= 11 is 0. The van der Waals surface area contributed by atoms with Gasteiger partial charge in [-0.1, -0.05) is 25.3 Å². The molecular formula is C10H19N. The van der Waals surface area contributed by atoms with Crippen molar-refractivity contribution in [2.24, 2.45) is 5.92 Å². The molecule has 64 valence electrons. The van der Waals surface area contributed by atoms with Crippen LogP contribution in [0.4, 0.5) is 0 Å². The fourth-order valence-electron chi connectivity index (χ4n) is 1.38. The molecule has 0 aromatic heterocycles. The molecule has 1 unspecified atom stereocenters. The Kier molecular flexibility index (Phi) is 3.64. The summed E-state index contributed by atoms with van der Waals surface area (Å²) in [6.45, 7) is 7.04. The standard InChI is InChI=1S/C10H19N/c1-3-9(2)11-8-7-10-5-4-6-10/h3,9-11H,1,4-8H2,2H3. The van der Waals surface area contributed by atoms with Gasteiger partial charge in [0.15, 0.2) is 0 Å². The molecule has 0 amide bonds. The molecule has 0 spiro atoms. The minimum absolute atomic E-state index is 0.482. The van der Waals surface area contributed by atoms with Gasteiger partial charge >= 0.3 is 0 Å². The van der Waals surface area contributed by atoms with E-state index < -0.39 is 0 Å². The minimum atomic E-state index is 0.482. The highest BCUT2D eigenvalue weighted by atomic mass is 14.9. The Bertz CT molecular complexity index is 116. The molecule has 1 saturated carbocycles. The topological polar surface area (TPSA) is 12.0 Å². The third-order valence-corrected chi connectivity index (χ3v) is 2.60. The Balaban J connectivity index is 1.90. The highest BCUT2D eigenvalue weighted by molar-refractivity contribution is 4.81. The largest absolute Gasteiger partial charge is 0.311 e. The van der Waals surface area contributed by atoms with E-state index in [4.69, 9.17) is 0 Å². The number of nitrogens with one attached hydrogen (secondary N) is 1. The monoisotopic (exact) mass is 153 g/mol. The molecule has 0 aromatic carbocycles. The summed E-state index contributed by atoms with van der Waals surface area (Å²) in [6.07, 6.45) is 7.70. The van der Waals surface area contributed by atoms with Crippen molar-refractivity contribution in [3.63, 3.8) is 0 Å². The Morgan fingerprint density at radius 3 is 2.82 bits per heavy atom. The highest BCUT2D eigenvalue weighted by Gasteiger charge is 2.16. The van der Waals surface area contributed by atoms with Gasteiger partial charge in [-0.3, -0.25) is 0 Å². The molecule has 1 heteroatoms. The van der Waals surface area contributed by atoms with E-state index in [2.05, 4.69) is 18.8 Å². The van der Waals surface area contributed by atoms with Crippen molar-refractivity contribution in [3.8, 4) is 0 Å². The molecule has 11 heavy (non-hydrogen) atoms. The van der Waals surface area contributed by atoms with E-state index >= 15 is 0 Å². The lowest BCUT2D eigenvalue weighted by Gasteiger charge is -2.25.